The lowest BCUT2D eigenvalue weighted by molar-refractivity contribution is 0.0228. The normalized spacial score (nSPS) is 22.7. The molecule has 7 aromatic carbocycles. The number of ether oxygens (including phenoxy) is 7. The van der Waals surface area contributed by atoms with Crippen molar-refractivity contribution in [2.24, 2.45) is 0 Å². The fourth-order valence-corrected chi connectivity index (χ4v) is 19.5. The van der Waals surface area contributed by atoms with Gasteiger partial charge in [-0.2, -0.15) is 31.6 Å². The topological polar surface area (TPSA) is 242 Å². The van der Waals surface area contributed by atoms with Gasteiger partial charge in [-0.3, -0.25) is 0 Å². The van der Waals surface area contributed by atoms with Crippen molar-refractivity contribution in [2.45, 2.75) is 229 Å². The molecule has 0 radical (unpaired) electrons. The van der Waals surface area contributed by atoms with E-state index in [0.29, 0.717) is 128 Å². The number of allylic oxidation sites excluding steroid dienone is 13. The van der Waals surface area contributed by atoms with Gasteiger partial charge in [0.05, 0.1) is 111 Å². The second kappa shape index (κ2) is 46.6. The molecule has 0 amide bonds. The van der Waals surface area contributed by atoms with E-state index in [4.69, 9.17) is 144 Å². The van der Waals surface area contributed by atoms with E-state index in [9.17, 15) is 40.4 Å². The largest absolute Gasteiger partial charge is 0.506 e. The summed E-state index contributed by atoms with van der Waals surface area (Å²) in [5, 5.41) is 58.2. The summed E-state index contributed by atoms with van der Waals surface area (Å²) in [5.41, 5.74) is 14.7. The highest BCUT2D eigenvalue weighted by molar-refractivity contribution is 6.48. The Hall–Kier alpha value is -16.3. The molecule has 7 aromatic rings. The number of unbranched alkanes of at least 4 members (excludes halogenated alkanes) is 1. The summed E-state index contributed by atoms with van der Waals surface area (Å²) in [6.45, 7) is 93.1. The van der Waals surface area contributed by atoms with Gasteiger partial charge >= 0.3 is 0 Å². The molecule has 738 valence electrons. The molecule has 5 atom stereocenters. The summed E-state index contributed by atoms with van der Waals surface area (Å²) < 4.78 is 69.3. The monoisotopic (exact) mass is 2050 g/mol. The van der Waals surface area contributed by atoms with Crippen LogP contribution in [-0.4, -0.2) is 5.60 Å². The van der Waals surface area contributed by atoms with E-state index in [1.165, 1.54) is 37.8 Å². The van der Waals surface area contributed by atoms with E-state index in [0.717, 1.165) is 111 Å². The Labute approximate surface area is 884 Å². The number of halogens is 7. The molecule has 0 N–H and O–H groups in total. The van der Waals surface area contributed by atoms with Crippen molar-refractivity contribution in [1.82, 2.24) is 0 Å². The molecular weight excluding hydrogens is 1950 g/mol. The molecule has 7 heterocycles. The second-order valence-corrected chi connectivity index (χ2v) is 38.3. The number of rotatable bonds is 8. The van der Waals surface area contributed by atoms with Crippen molar-refractivity contribution >= 4 is 58.0 Å². The van der Waals surface area contributed by atoms with Gasteiger partial charge in [0.15, 0.2) is 39.3 Å². The van der Waals surface area contributed by atoms with Gasteiger partial charge in [-0.1, -0.05) is 193 Å². The molecule has 0 aromatic heterocycles. The Morgan fingerprint density at radius 2 is 0.680 bits per heavy atom. The summed E-state index contributed by atoms with van der Waals surface area (Å²) in [6, 6.07) is 58.9. The van der Waals surface area contributed by atoms with Crippen LogP contribution in [0, 0.1) is 132 Å². The summed E-state index contributed by atoms with van der Waals surface area (Å²) >= 11 is 30.4. The smallest absolute Gasteiger partial charge is 0.220 e. The van der Waals surface area contributed by atoms with Crippen LogP contribution in [-0.2, 0) is 73.2 Å². The highest BCUT2D eigenvalue weighted by Gasteiger charge is 2.54. The van der Waals surface area contributed by atoms with Crippen molar-refractivity contribution in [3.63, 3.8) is 0 Å². The van der Waals surface area contributed by atoms with Crippen molar-refractivity contribution in [3.05, 3.63) is 483 Å². The van der Waals surface area contributed by atoms with E-state index < -0.39 is 45.2 Å². The summed E-state index contributed by atoms with van der Waals surface area (Å²) in [5.74, 6) is 1.06. The Kier molecular flexibility index (Phi) is 35.7. The van der Waals surface area contributed by atoms with E-state index in [-0.39, 0.29) is 44.0 Å². The van der Waals surface area contributed by atoms with Gasteiger partial charge in [0, 0.05) is 33.9 Å². The Balaban J connectivity index is 0.000000176. The van der Waals surface area contributed by atoms with Crippen LogP contribution in [0.15, 0.2) is 310 Å². The quantitative estimate of drug-likeness (QED) is 0.102. The predicted octanol–water partition coefficient (Wildman–Crippen LogP) is 33.5. The number of fused-ring (bicyclic) bond motifs is 5. The van der Waals surface area contributed by atoms with Crippen LogP contribution in [0.5, 0.6) is 0 Å². The van der Waals surface area contributed by atoms with Gasteiger partial charge < -0.3 is 33.2 Å². The molecule has 147 heavy (non-hydrogen) atoms. The van der Waals surface area contributed by atoms with Crippen LogP contribution in [0.25, 0.3) is 49.9 Å². The van der Waals surface area contributed by atoms with Gasteiger partial charge in [0.1, 0.15) is 94.0 Å². The summed E-state index contributed by atoms with van der Waals surface area (Å²) in [4.78, 5) is 27.3. The van der Waals surface area contributed by atoms with Crippen LogP contribution in [0.3, 0.4) is 0 Å². The standard InChI is InChI=1S/C21H14N2O.C20H22N2O.C16H11Cl3N2O.C16H12Cl2N2O.C16H12F2N2O.C16H14N2O.C14H16N2O/c1-13-17(12-22)20(14(2)23-3)24-21(13)18-10-6-4-8-15(18)16-9-5-7-11-19(16)21;1-6-7-8-16-9-11-17(12-10-16)20(4)14(2)18(13-21)19(23-20)15(3)22-5;1-8-10(7-20)15(9(2)21-4)22-16(8,3)11-5-6-12(17)14(19)13(11)18;1-9-12(8-19)15(10(2)20-4)21-16(9,3)11-5-6-13(17)14(18)7-11;1-9-12(8-19)15(10(2)20-4)21-16(9,3)13-6-5-11(17)7-14(13)18;1-11-14(10-17)15(12(2)18-4)19-16(11,3)13-8-6-5-7-9-13;1-10-12(16-4)13(11(2)15-3)17-14(10)8-6-5-7-9-14/h4-11H,1-2H3;9-12H,6-8H2,1-4H3;5-6H,1-3H3;2*5-7H,1-3H3;5-9H,1-3H3;5-9H2,1-2H3/b20-14-;19-15-;15-9-;2*15-10-;15-12-;13-11+. The first-order chi connectivity index (χ1) is 69.8. The minimum Gasteiger partial charge on any atom is -0.506 e. The molecule has 7 aliphatic heterocycles. The molecule has 2 spiro atoms. The maximum absolute atomic E-state index is 14.1. The number of nitrogens with zero attached hydrogens (tertiary/aromatic N) is 14. The third-order valence-corrected chi connectivity index (χ3v) is 30.0. The van der Waals surface area contributed by atoms with Gasteiger partial charge in [-0.25, -0.2) is 47.5 Å². The van der Waals surface area contributed by atoms with Crippen molar-refractivity contribution in [1.29, 1.82) is 31.6 Å². The van der Waals surface area contributed by atoms with E-state index >= 15 is 0 Å². The third kappa shape index (κ3) is 21.2. The number of hydrogen-bond donors (Lipinski definition) is 0. The first-order valence-corrected chi connectivity index (χ1v) is 48.3. The van der Waals surface area contributed by atoms with Crippen molar-refractivity contribution in [2.75, 3.05) is 0 Å². The van der Waals surface area contributed by atoms with Gasteiger partial charge in [-0.15, -0.1) is 0 Å². The molecular formula is C119H101Cl5F2N14O7. The zero-order valence-corrected chi connectivity index (χ0v) is 88.6. The minimum absolute atomic E-state index is 0.127. The number of benzene rings is 7. The Bertz CT molecular complexity index is 7760. The lowest BCUT2D eigenvalue weighted by atomic mass is 9.80. The molecule has 1 saturated carbocycles. The summed E-state index contributed by atoms with van der Waals surface area (Å²) in [6.07, 6.45) is 8.93. The first kappa shape index (κ1) is 113. The van der Waals surface area contributed by atoms with E-state index in [2.05, 4.69) is 112 Å². The Morgan fingerprint density at radius 3 is 1.07 bits per heavy atom. The first-order valence-electron chi connectivity index (χ1n) is 46.4. The van der Waals surface area contributed by atoms with Gasteiger partial charge in [-0.05, 0) is 267 Å². The molecule has 0 bridgehead atoms. The zero-order valence-electron chi connectivity index (χ0n) is 84.9. The fourth-order valence-electron chi connectivity index (χ4n) is 18.4. The lowest BCUT2D eigenvalue weighted by Gasteiger charge is -2.35. The average Bonchev–Trinajstić information content (AvgIpc) is 1.53. The molecule has 2 aliphatic carbocycles. The molecule has 5 unspecified atom stereocenters. The molecule has 9 aliphatic rings. The van der Waals surface area contributed by atoms with Crippen LogP contribution in [0.4, 0.5) is 8.78 Å². The molecule has 21 nitrogen and oxygen atoms in total. The fraction of sp³-hybridized carbons (Fsp3) is 0.294. The molecule has 16 rings (SSSR count). The molecule has 1 fully saturated rings. The second-order valence-electron chi connectivity index (χ2n) is 36.3. The maximum atomic E-state index is 14.1. The maximum Gasteiger partial charge on any atom is 0.220 e. The lowest BCUT2D eigenvalue weighted by Crippen LogP contribution is -2.32. The van der Waals surface area contributed by atoms with Crippen molar-refractivity contribution in [3.8, 4) is 47.5 Å². The highest BCUT2D eigenvalue weighted by atomic mass is 35.5. The number of hydrogen-bond acceptors (Lipinski definition) is 13. The number of aryl methyl sites for hydroxylation is 1. The molecule has 28 heteroatoms. The van der Waals surface area contributed by atoms with Crippen LogP contribution in [0.2, 0.25) is 25.1 Å². The zero-order chi connectivity index (χ0) is 109. The van der Waals surface area contributed by atoms with Crippen molar-refractivity contribution < 1.29 is 41.9 Å². The highest BCUT2D eigenvalue weighted by Crippen LogP contribution is 2.61. The van der Waals surface area contributed by atoms with Crippen LogP contribution in [0.1, 0.15) is 228 Å². The average molecular weight is 2050 g/mol. The summed E-state index contributed by atoms with van der Waals surface area (Å²) in [7, 11) is 0. The number of nitriles is 6. The van der Waals surface area contributed by atoms with E-state index in [1.807, 2.05) is 134 Å². The Morgan fingerprint density at radius 1 is 0.340 bits per heavy atom. The van der Waals surface area contributed by atoms with Gasteiger partial charge in [0.25, 0.3) is 0 Å². The minimum atomic E-state index is -1.23. The van der Waals surface area contributed by atoms with Gasteiger partial charge in [0.2, 0.25) is 39.9 Å². The predicted molar refractivity (Wildman–Crippen MR) is 563 cm³/mol. The third-order valence-electron chi connectivity index (χ3n) is 28.0. The molecule has 0 saturated heterocycles. The SMILES string of the molecule is [C-]#[N+]/C(C)=C1\OC(C)(c2ccc(CCCC)cc2)C(C)=C1C#N.[C-]#[N+]/C(C)=C1\OC(C)(c2ccc(Cl)c(Cl)c2)C(C)=C1C#N.[C-]#[N+]/C(C)=C1\OC(C)(c2ccc(Cl)c(Cl)c2Cl)C(C)=C1C#N.[C-]#[N+]/C(C)=C1\OC(C)(c2ccc(F)cc2F)C(C)=C1C#N.[C-]#[N+]/C(C)=C1\OC(C)(c2ccccc2)C(C)=C1C#N.[C-]#[N+]/C(C)=C1\OC2(C(C)=C1C#N)c1ccccc1-c1ccccc12.[C-]#[N+]C1=C(C)C2(CCCCC2)O/C1=C(\C)[N+]#[C-]. The van der Waals surface area contributed by atoms with E-state index in [1.54, 1.807) is 93.5 Å². The van der Waals surface area contributed by atoms with Crippen LogP contribution < -0.4 is 0 Å². The van der Waals surface area contributed by atoms with Crippen LogP contribution >= 0.6 is 58.0 Å².